The lowest BCUT2D eigenvalue weighted by Crippen LogP contribution is -2.70. The number of hydrogen-bond acceptors (Lipinski definition) is 7. The summed E-state index contributed by atoms with van der Waals surface area (Å²) in [7, 11) is 3.08. The number of phenols is 1. The van der Waals surface area contributed by atoms with E-state index in [4.69, 9.17) is 4.74 Å². The summed E-state index contributed by atoms with van der Waals surface area (Å²) in [5.41, 5.74) is -1.10. The Kier molecular flexibility index (Phi) is 4.99. The number of likely N-dealkylation sites (N-methyl/N-ethyl adjacent to an activating group) is 1. The van der Waals surface area contributed by atoms with E-state index in [2.05, 4.69) is 5.32 Å². The SMILES string of the molecule is CN[C@@]12C(=O)C(C(C)=O)=C(C)CC1C(OC)[C@@]1(C)C(=C2O)C(=O)c2c(O)cccc2[C@@H]1C. The van der Waals surface area contributed by atoms with Gasteiger partial charge < -0.3 is 20.3 Å². The molecular weight excluding hydrogens is 410 g/mol. The molecule has 0 bridgehead atoms. The summed E-state index contributed by atoms with van der Waals surface area (Å²) in [5.74, 6) is -2.88. The number of allylic oxidation sites excluding steroid dienone is 1. The van der Waals surface area contributed by atoms with E-state index in [1.165, 1.54) is 27.1 Å². The Hall–Kier alpha value is -2.77. The van der Waals surface area contributed by atoms with E-state index in [1.54, 1.807) is 19.1 Å². The largest absolute Gasteiger partial charge is 0.509 e. The van der Waals surface area contributed by atoms with E-state index in [0.29, 0.717) is 17.6 Å². The van der Waals surface area contributed by atoms with Crippen molar-refractivity contribution in [2.45, 2.75) is 51.7 Å². The molecule has 170 valence electrons. The topological polar surface area (TPSA) is 113 Å². The van der Waals surface area contributed by atoms with Gasteiger partial charge in [0.05, 0.1) is 17.2 Å². The van der Waals surface area contributed by atoms with Gasteiger partial charge in [-0.15, -0.1) is 0 Å². The number of hydrogen-bond donors (Lipinski definition) is 3. The third kappa shape index (κ3) is 2.41. The lowest BCUT2D eigenvalue weighted by molar-refractivity contribution is -0.136. The van der Waals surface area contributed by atoms with Gasteiger partial charge >= 0.3 is 0 Å². The minimum absolute atomic E-state index is 0.0424. The van der Waals surface area contributed by atoms with Gasteiger partial charge in [0.15, 0.2) is 17.3 Å². The highest BCUT2D eigenvalue weighted by Crippen LogP contribution is 2.61. The van der Waals surface area contributed by atoms with Crippen molar-refractivity contribution in [2.24, 2.45) is 11.3 Å². The van der Waals surface area contributed by atoms with E-state index >= 15 is 0 Å². The van der Waals surface area contributed by atoms with Gasteiger partial charge in [-0.05, 0) is 44.9 Å². The summed E-state index contributed by atoms with van der Waals surface area (Å²) in [6.45, 7) is 6.88. The zero-order valence-corrected chi connectivity index (χ0v) is 19.2. The van der Waals surface area contributed by atoms with Crippen LogP contribution in [0.1, 0.15) is 56.0 Å². The summed E-state index contributed by atoms with van der Waals surface area (Å²) in [4.78, 5) is 39.9. The van der Waals surface area contributed by atoms with E-state index in [0.717, 1.165) is 0 Å². The first-order valence-electron chi connectivity index (χ1n) is 10.8. The average Bonchev–Trinajstić information content (AvgIpc) is 2.72. The fourth-order valence-corrected chi connectivity index (χ4v) is 6.49. The smallest absolute Gasteiger partial charge is 0.197 e. The number of rotatable bonds is 3. The van der Waals surface area contributed by atoms with Crippen LogP contribution < -0.4 is 5.32 Å². The number of Topliss-reactive ketones (excluding diaryl/α,β-unsaturated/α-hetero) is 3. The molecule has 0 amide bonds. The van der Waals surface area contributed by atoms with Crippen LogP contribution in [0.4, 0.5) is 0 Å². The highest BCUT2D eigenvalue weighted by molar-refractivity contribution is 6.25. The van der Waals surface area contributed by atoms with Crippen molar-refractivity contribution >= 4 is 17.3 Å². The van der Waals surface area contributed by atoms with Crippen molar-refractivity contribution in [3.05, 3.63) is 51.8 Å². The lowest BCUT2D eigenvalue weighted by atomic mass is 9.48. The molecule has 0 aliphatic heterocycles. The van der Waals surface area contributed by atoms with Gasteiger partial charge in [0.2, 0.25) is 0 Å². The quantitative estimate of drug-likeness (QED) is 0.621. The van der Waals surface area contributed by atoms with Crippen LogP contribution in [0.3, 0.4) is 0 Å². The van der Waals surface area contributed by atoms with Crippen LogP contribution in [0.2, 0.25) is 0 Å². The molecule has 0 spiro atoms. The van der Waals surface area contributed by atoms with Crippen molar-refractivity contribution < 1.29 is 29.3 Å². The van der Waals surface area contributed by atoms with Gasteiger partial charge in [-0.2, -0.15) is 0 Å². The second kappa shape index (κ2) is 7.12. The number of ketones is 3. The Bertz CT molecular complexity index is 1130. The van der Waals surface area contributed by atoms with Gasteiger partial charge in [0.1, 0.15) is 17.0 Å². The molecule has 0 aromatic heterocycles. The number of aromatic hydroxyl groups is 1. The molecule has 1 aromatic rings. The minimum atomic E-state index is -1.67. The van der Waals surface area contributed by atoms with Gasteiger partial charge in [0, 0.05) is 24.0 Å². The summed E-state index contributed by atoms with van der Waals surface area (Å²) in [5, 5.41) is 25.2. The van der Waals surface area contributed by atoms with E-state index < -0.39 is 34.5 Å². The van der Waals surface area contributed by atoms with Crippen LogP contribution in [-0.4, -0.2) is 53.4 Å². The minimum Gasteiger partial charge on any atom is -0.509 e. The summed E-state index contributed by atoms with van der Waals surface area (Å²) < 4.78 is 6.00. The van der Waals surface area contributed by atoms with Gasteiger partial charge in [-0.25, -0.2) is 0 Å². The molecule has 3 aliphatic carbocycles. The molecule has 3 aliphatic rings. The number of phenolic OH excluding ortho intramolecular Hbond substituents is 1. The van der Waals surface area contributed by atoms with Crippen molar-refractivity contribution in [3.8, 4) is 5.75 Å². The van der Waals surface area contributed by atoms with Crippen molar-refractivity contribution in [1.29, 1.82) is 0 Å². The normalized spacial score (nSPS) is 34.2. The molecule has 0 saturated carbocycles. The molecule has 7 nitrogen and oxygen atoms in total. The zero-order valence-electron chi connectivity index (χ0n) is 19.2. The van der Waals surface area contributed by atoms with E-state index in [1.807, 2.05) is 13.8 Å². The maximum atomic E-state index is 13.8. The number of ether oxygens (including phenoxy) is 1. The third-order valence-corrected chi connectivity index (χ3v) is 8.09. The summed E-state index contributed by atoms with van der Waals surface area (Å²) in [6, 6.07) is 4.92. The van der Waals surface area contributed by atoms with E-state index in [9.17, 15) is 24.6 Å². The molecule has 0 fully saturated rings. The molecule has 0 radical (unpaired) electrons. The molecule has 3 N–H and O–H groups in total. The Morgan fingerprint density at radius 2 is 1.91 bits per heavy atom. The first-order chi connectivity index (χ1) is 15.0. The molecule has 5 atom stereocenters. The zero-order chi connectivity index (χ0) is 23.7. The molecular formula is C25H29NO6. The maximum absolute atomic E-state index is 13.8. The highest BCUT2D eigenvalue weighted by atomic mass is 16.5. The van der Waals surface area contributed by atoms with Crippen LogP contribution in [0, 0.1) is 11.3 Å². The van der Waals surface area contributed by atoms with Crippen molar-refractivity contribution in [2.75, 3.05) is 14.2 Å². The molecule has 2 unspecified atom stereocenters. The van der Waals surface area contributed by atoms with Crippen molar-refractivity contribution in [3.63, 3.8) is 0 Å². The van der Waals surface area contributed by atoms with Crippen LogP contribution in [0.15, 0.2) is 40.7 Å². The van der Waals surface area contributed by atoms with E-state index in [-0.39, 0.29) is 39.9 Å². The number of nitrogens with one attached hydrogen (secondary N) is 1. The molecule has 7 heteroatoms. The molecule has 0 heterocycles. The molecule has 32 heavy (non-hydrogen) atoms. The second-order valence-corrected chi connectivity index (χ2v) is 9.36. The first-order valence-corrected chi connectivity index (χ1v) is 10.8. The first kappa shape index (κ1) is 22.4. The maximum Gasteiger partial charge on any atom is 0.197 e. The Morgan fingerprint density at radius 1 is 1.25 bits per heavy atom. The number of aliphatic hydroxyl groups excluding tert-OH is 1. The van der Waals surface area contributed by atoms with Gasteiger partial charge in [-0.3, -0.25) is 14.4 Å². The predicted molar refractivity (Wildman–Crippen MR) is 118 cm³/mol. The van der Waals surface area contributed by atoms with Crippen molar-refractivity contribution in [1.82, 2.24) is 5.32 Å². The fraction of sp³-hybridized carbons (Fsp3) is 0.480. The second-order valence-electron chi connectivity index (χ2n) is 9.36. The Balaban J connectivity index is 2.12. The summed E-state index contributed by atoms with van der Waals surface area (Å²) >= 11 is 0. The average molecular weight is 440 g/mol. The number of aliphatic hydroxyl groups is 1. The van der Waals surface area contributed by atoms with Gasteiger partial charge in [-0.1, -0.05) is 31.6 Å². The standard InChI is InChI=1S/C25H29NO6/c1-11-10-15-23(32-6)24(4)12(2)14-8-7-9-16(28)18(14)20(29)19(24)22(31)25(15,26-5)21(30)17(11)13(3)27/h7-9,12,15,23,26,28,31H,10H2,1-6H3/t12-,15?,23?,24+,25+/m0/s1. The highest BCUT2D eigenvalue weighted by Gasteiger charge is 2.67. The van der Waals surface area contributed by atoms with Crippen LogP contribution >= 0.6 is 0 Å². The number of benzene rings is 1. The molecule has 4 rings (SSSR count). The molecule has 0 saturated heterocycles. The Labute approximate surface area is 187 Å². The predicted octanol–water partition coefficient (Wildman–Crippen LogP) is 2.99. The number of methoxy groups -OCH3 is 1. The molecule has 1 aromatic carbocycles. The third-order valence-electron chi connectivity index (χ3n) is 8.09. The summed E-state index contributed by atoms with van der Waals surface area (Å²) in [6.07, 6.45) is -0.275. The number of carbonyl (C=O) groups is 3. The van der Waals surface area contributed by atoms with Gasteiger partial charge in [0.25, 0.3) is 0 Å². The monoisotopic (exact) mass is 439 g/mol. The lowest BCUT2D eigenvalue weighted by Gasteiger charge is -2.58. The Morgan fingerprint density at radius 3 is 2.47 bits per heavy atom. The van der Waals surface area contributed by atoms with Crippen LogP contribution in [0.5, 0.6) is 5.75 Å². The van der Waals surface area contributed by atoms with Crippen LogP contribution in [0.25, 0.3) is 0 Å². The fourth-order valence-electron chi connectivity index (χ4n) is 6.49. The van der Waals surface area contributed by atoms with Crippen LogP contribution in [-0.2, 0) is 14.3 Å². The number of carbonyl (C=O) groups excluding carboxylic acids is 3. The number of fused-ring (bicyclic) bond motifs is 3.